The van der Waals surface area contributed by atoms with Crippen molar-refractivity contribution in [1.29, 1.82) is 0 Å². The van der Waals surface area contributed by atoms with Crippen molar-refractivity contribution in [2.24, 2.45) is 0 Å². The minimum Gasteiger partial charge on any atom is -0.394 e. The highest BCUT2D eigenvalue weighted by Gasteiger charge is 2.21. The van der Waals surface area contributed by atoms with Gasteiger partial charge in [0, 0.05) is 16.9 Å². The minimum atomic E-state index is -0.565. The Morgan fingerprint density at radius 1 is 1.36 bits per heavy atom. The van der Waals surface area contributed by atoms with Gasteiger partial charge < -0.3 is 10.4 Å². The first-order valence-corrected chi connectivity index (χ1v) is 7.96. The fourth-order valence-corrected chi connectivity index (χ4v) is 3.00. The second-order valence-corrected chi connectivity index (χ2v) is 6.31. The zero-order valence-electron chi connectivity index (χ0n) is 11.6. The maximum Gasteiger partial charge on any atom is 0.254 e. The third-order valence-corrected chi connectivity index (χ3v) is 4.69. The zero-order chi connectivity index (χ0) is 16.3. The molecule has 0 aliphatic heterocycles. The van der Waals surface area contributed by atoms with E-state index in [9.17, 15) is 9.90 Å². The van der Waals surface area contributed by atoms with Crippen molar-refractivity contribution >= 4 is 45.0 Å². The predicted octanol–water partition coefficient (Wildman–Crippen LogP) is 3.92. The van der Waals surface area contributed by atoms with Gasteiger partial charge in [-0.25, -0.2) is 0 Å². The molecule has 1 heterocycles. The van der Waals surface area contributed by atoms with Gasteiger partial charge in [-0.15, -0.1) is 0 Å². The van der Waals surface area contributed by atoms with Gasteiger partial charge in [-0.05, 0) is 24.1 Å². The van der Waals surface area contributed by atoms with Crippen LogP contribution >= 0.6 is 39.1 Å². The van der Waals surface area contributed by atoms with Crippen molar-refractivity contribution in [2.45, 2.75) is 13.0 Å². The summed E-state index contributed by atoms with van der Waals surface area (Å²) >= 11 is 15.4. The van der Waals surface area contributed by atoms with Gasteiger partial charge in [-0.1, -0.05) is 51.3 Å². The number of carbonyl (C=O) groups excluding carboxylic acids is 1. The number of amides is 1. The van der Waals surface area contributed by atoms with Crippen LogP contribution in [-0.4, -0.2) is 22.6 Å². The molecule has 0 aliphatic carbocycles. The molecule has 0 radical (unpaired) electrons. The van der Waals surface area contributed by atoms with Crippen LogP contribution in [0.5, 0.6) is 0 Å². The second-order valence-electron chi connectivity index (χ2n) is 4.64. The van der Waals surface area contributed by atoms with Crippen LogP contribution in [0.25, 0.3) is 0 Å². The third kappa shape index (κ3) is 3.60. The molecule has 22 heavy (non-hydrogen) atoms. The van der Waals surface area contributed by atoms with Gasteiger partial charge in [0.05, 0.1) is 28.3 Å². The van der Waals surface area contributed by atoms with Crippen LogP contribution in [0.1, 0.15) is 27.5 Å². The van der Waals surface area contributed by atoms with E-state index in [0.29, 0.717) is 0 Å². The molecule has 2 aromatic rings. The molecular formula is C15H13BrCl2N2O2. The van der Waals surface area contributed by atoms with Crippen molar-refractivity contribution in [3.05, 3.63) is 61.8 Å². The van der Waals surface area contributed by atoms with E-state index in [2.05, 4.69) is 26.2 Å². The molecule has 0 bridgehead atoms. The molecule has 0 spiro atoms. The van der Waals surface area contributed by atoms with E-state index in [1.165, 1.54) is 12.4 Å². The van der Waals surface area contributed by atoms with Crippen LogP contribution in [0, 0.1) is 6.92 Å². The molecule has 1 atom stereocenters. The molecule has 2 N–H and O–H groups in total. The summed E-state index contributed by atoms with van der Waals surface area (Å²) in [5.41, 5.74) is 1.89. The van der Waals surface area contributed by atoms with E-state index < -0.39 is 11.9 Å². The number of halogens is 3. The summed E-state index contributed by atoms with van der Waals surface area (Å²) in [5.74, 6) is -0.462. The standard InChI is InChI=1S/C15H13BrCl2N2O2/c1-8-9(3-2-4-10(8)16)13(7-21)20-15(22)14-11(17)5-19-6-12(14)18/h2-6,13,21H,7H2,1H3,(H,20,22). The Balaban J connectivity index is 2.31. The number of carbonyl (C=O) groups is 1. The molecule has 1 aromatic carbocycles. The Morgan fingerprint density at radius 2 is 2.00 bits per heavy atom. The quantitative estimate of drug-likeness (QED) is 0.813. The van der Waals surface area contributed by atoms with Crippen molar-refractivity contribution in [1.82, 2.24) is 10.3 Å². The van der Waals surface area contributed by atoms with Crippen LogP contribution in [0.3, 0.4) is 0 Å². The Hall–Kier alpha value is -1.14. The van der Waals surface area contributed by atoms with Gasteiger partial charge in [0.2, 0.25) is 0 Å². The average molecular weight is 404 g/mol. The highest BCUT2D eigenvalue weighted by Crippen LogP contribution is 2.27. The number of benzene rings is 1. The summed E-state index contributed by atoms with van der Waals surface area (Å²) in [4.78, 5) is 16.2. The van der Waals surface area contributed by atoms with E-state index in [4.69, 9.17) is 23.2 Å². The Bertz CT molecular complexity index is 690. The number of pyridine rings is 1. The second kappa shape index (κ2) is 7.42. The lowest BCUT2D eigenvalue weighted by Crippen LogP contribution is -2.31. The number of rotatable bonds is 4. The van der Waals surface area contributed by atoms with Crippen LogP contribution in [-0.2, 0) is 0 Å². The monoisotopic (exact) mass is 402 g/mol. The molecule has 0 saturated heterocycles. The summed E-state index contributed by atoms with van der Waals surface area (Å²) in [7, 11) is 0. The molecule has 0 aliphatic rings. The highest BCUT2D eigenvalue weighted by molar-refractivity contribution is 9.10. The summed E-state index contributed by atoms with van der Waals surface area (Å²) in [6, 6.07) is 5.02. The topological polar surface area (TPSA) is 62.2 Å². The molecule has 1 unspecified atom stereocenters. The first-order valence-electron chi connectivity index (χ1n) is 6.41. The van der Waals surface area contributed by atoms with E-state index >= 15 is 0 Å². The molecule has 7 heteroatoms. The normalized spacial score (nSPS) is 12.0. The van der Waals surface area contributed by atoms with Gasteiger partial charge in [0.1, 0.15) is 0 Å². The number of hydrogen-bond donors (Lipinski definition) is 2. The van der Waals surface area contributed by atoms with E-state index in [1.807, 2.05) is 25.1 Å². The number of nitrogens with zero attached hydrogens (tertiary/aromatic N) is 1. The predicted molar refractivity (Wildman–Crippen MR) is 90.4 cm³/mol. The van der Waals surface area contributed by atoms with Gasteiger partial charge in [0.15, 0.2) is 0 Å². The number of hydrogen-bond acceptors (Lipinski definition) is 3. The molecule has 1 aromatic heterocycles. The number of aromatic nitrogens is 1. The van der Waals surface area contributed by atoms with Gasteiger partial charge in [0.25, 0.3) is 5.91 Å². The third-order valence-electron chi connectivity index (χ3n) is 3.25. The molecule has 0 saturated carbocycles. The fourth-order valence-electron chi connectivity index (χ4n) is 2.08. The Morgan fingerprint density at radius 3 is 2.59 bits per heavy atom. The molecule has 2 rings (SSSR count). The molecule has 116 valence electrons. The SMILES string of the molecule is Cc1c(Br)cccc1C(CO)NC(=O)c1c(Cl)cncc1Cl. The lowest BCUT2D eigenvalue weighted by atomic mass is 10.0. The molecule has 4 nitrogen and oxygen atoms in total. The van der Waals surface area contributed by atoms with E-state index in [0.717, 1.165) is 15.6 Å². The maximum absolute atomic E-state index is 12.4. The smallest absolute Gasteiger partial charge is 0.254 e. The molecular weight excluding hydrogens is 391 g/mol. The van der Waals surface area contributed by atoms with Crippen LogP contribution < -0.4 is 5.32 Å². The summed E-state index contributed by atoms with van der Waals surface area (Å²) in [6.07, 6.45) is 2.70. The number of aliphatic hydroxyl groups is 1. The van der Waals surface area contributed by atoms with Crippen LogP contribution in [0.4, 0.5) is 0 Å². The van der Waals surface area contributed by atoms with E-state index in [1.54, 1.807) is 0 Å². The Kier molecular flexibility index (Phi) is 5.81. The Labute approximate surface area is 146 Å². The summed E-state index contributed by atoms with van der Waals surface area (Å²) in [5, 5.41) is 12.7. The lowest BCUT2D eigenvalue weighted by molar-refractivity contribution is 0.0916. The molecule has 1 amide bonds. The molecule has 0 fully saturated rings. The highest BCUT2D eigenvalue weighted by atomic mass is 79.9. The first-order chi connectivity index (χ1) is 10.5. The summed E-state index contributed by atoms with van der Waals surface area (Å²) in [6.45, 7) is 1.66. The lowest BCUT2D eigenvalue weighted by Gasteiger charge is -2.20. The van der Waals surface area contributed by atoms with Crippen LogP contribution in [0.2, 0.25) is 10.0 Å². The van der Waals surface area contributed by atoms with Crippen molar-refractivity contribution in [2.75, 3.05) is 6.61 Å². The maximum atomic E-state index is 12.4. The van der Waals surface area contributed by atoms with Gasteiger partial charge in [-0.3, -0.25) is 9.78 Å². The fraction of sp³-hybridized carbons (Fsp3) is 0.200. The van der Waals surface area contributed by atoms with Crippen molar-refractivity contribution < 1.29 is 9.90 Å². The van der Waals surface area contributed by atoms with Gasteiger partial charge >= 0.3 is 0 Å². The zero-order valence-corrected chi connectivity index (χ0v) is 14.7. The number of nitrogens with one attached hydrogen (secondary N) is 1. The van der Waals surface area contributed by atoms with Crippen molar-refractivity contribution in [3.8, 4) is 0 Å². The van der Waals surface area contributed by atoms with Crippen LogP contribution in [0.15, 0.2) is 35.1 Å². The van der Waals surface area contributed by atoms with Crippen molar-refractivity contribution in [3.63, 3.8) is 0 Å². The minimum absolute atomic E-state index is 0.143. The van der Waals surface area contributed by atoms with Gasteiger partial charge in [-0.2, -0.15) is 0 Å². The largest absolute Gasteiger partial charge is 0.394 e. The first kappa shape index (κ1) is 17.2. The van der Waals surface area contributed by atoms with E-state index in [-0.39, 0.29) is 22.2 Å². The number of aliphatic hydroxyl groups excluding tert-OH is 1. The average Bonchev–Trinajstić information content (AvgIpc) is 2.48. The summed E-state index contributed by atoms with van der Waals surface area (Å²) < 4.78 is 0.901.